The number of amidine groups is 1. The molecule has 0 spiro atoms. The second-order valence-corrected chi connectivity index (χ2v) is 2.74. The fraction of sp³-hybridized carbons (Fsp3) is 0.600. The van der Waals surface area contributed by atoms with E-state index < -0.39 is 0 Å². The van der Waals surface area contributed by atoms with Crippen molar-refractivity contribution in [1.82, 2.24) is 3.11 Å². The molecule has 0 unspecified atom stereocenters. The summed E-state index contributed by atoms with van der Waals surface area (Å²) in [5, 5.41) is 0. The Kier molecular flexibility index (Phi) is 2.47. The Morgan fingerprint density at radius 1 is 1.80 bits per heavy atom. The standard InChI is InChI=1S/C5H7IN2O2/c1-7-5-8(6)4(9)2-3-10-5/h2-3H2,1H3/b7-5-. The van der Waals surface area contributed by atoms with Gasteiger partial charge in [0, 0.05) is 7.05 Å². The Morgan fingerprint density at radius 3 is 3.00 bits per heavy atom. The molecule has 0 radical (unpaired) electrons. The fourth-order valence-electron chi connectivity index (χ4n) is 0.643. The van der Waals surface area contributed by atoms with Gasteiger partial charge in [0.05, 0.1) is 29.3 Å². The zero-order valence-electron chi connectivity index (χ0n) is 5.50. The van der Waals surface area contributed by atoms with E-state index in [4.69, 9.17) is 4.74 Å². The number of hydrogen-bond acceptors (Lipinski definition) is 3. The number of rotatable bonds is 0. The van der Waals surface area contributed by atoms with Crippen LogP contribution in [0.5, 0.6) is 0 Å². The van der Waals surface area contributed by atoms with Crippen LogP contribution in [-0.4, -0.2) is 28.7 Å². The summed E-state index contributed by atoms with van der Waals surface area (Å²) in [4.78, 5) is 14.7. The minimum Gasteiger partial charge on any atom is -0.464 e. The van der Waals surface area contributed by atoms with Gasteiger partial charge in [0.2, 0.25) is 5.91 Å². The lowest BCUT2D eigenvalue weighted by atomic mass is 10.4. The topological polar surface area (TPSA) is 41.9 Å². The fourth-order valence-corrected chi connectivity index (χ4v) is 1.24. The molecule has 4 nitrogen and oxygen atoms in total. The first-order valence-electron chi connectivity index (χ1n) is 2.84. The van der Waals surface area contributed by atoms with Gasteiger partial charge in [0.25, 0.3) is 0 Å². The summed E-state index contributed by atoms with van der Waals surface area (Å²) in [6.45, 7) is 0.449. The van der Waals surface area contributed by atoms with Gasteiger partial charge in [-0.3, -0.25) is 4.79 Å². The van der Waals surface area contributed by atoms with E-state index in [9.17, 15) is 4.79 Å². The van der Waals surface area contributed by atoms with Crippen molar-refractivity contribution in [3.63, 3.8) is 0 Å². The molecule has 1 aliphatic rings. The highest BCUT2D eigenvalue weighted by Gasteiger charge is 2.22. The summed E-state index contributed by atoms with van der Waals surface area (Å²) < 4.78 is 6.45. The van der Waals surface area contributed by atoms with Gasteiger partial charge in [0.15, 0.2) is 0 Å². The molecule has 10 heavy (non-hydrogen) atoms. The number of nitrogens with zero attached hydrogens (tertiary/aromatic N) is 2. The summed E-state index contributed by atoms with van der Waals surface area (Å²) in [5.74, 6) is 0.0486. The maximum Gasteiger partial charge on any atom is 0.303 e. The lowest BCUT2D eigenvalue weighted by Crippen LogP contribution is -2.35. The van der Waals surface area contributed by atoms with Gasteiger partial charge >= 0.3 is 6.02 Å². The number of ether oxygens (including phenoxy) is 1. The van der Waals surface area contributed by atoms with E-state index in [0.717, 1.165) is 0 Å². The second-order valence-electron chi connectivity index (χ2n) is 1.78. The number of carbonyl (C=O) groups is 1. The molecule has 1 amide bonds. The predicted molar refractivity (Wildman–Crippen MR) is 44.8 cm³/mol. The van der Waals surface area contributed by atoms with Gasteiger partial charge in [0.1, 0.15) is 6.61 Å². The third kappa shape index (κ3) is 1.39. The van der Waals surface area contributed by atoms with Gasteiger partial charge < -0.3 is 4.74 Å². The third-order valence-corrected chi connectivity index (χ3v) is 2.08. The molecule has 1 rings (SSSR count). The van der Waals surface area contributed by atoms with E-state index in [0.29, 0.717) is 19.0 Å². The molecule has 0 bridgehead atoms. The zero-order valence-corrected chi connectivity index (χ0v) is 7.66. The largest absolute Gasteiger partial charge is 0.464 e. The van der Waals surface area contributed by atoms with Crippen molar-refractivity contribution in [3.8, 4) is 0 Å². The molecule has 56 valence electrons. The van der Waals surface area contributed by atoms with Crippen LogP contribution < -0.4 is 0 Å². The molecule has 0 aromatic carbocycles. The molecule has 1 heterocycles. The first-order valence-corrected chi connectivity index (χ1v) is 3.80. The Hall–Kier alpha value is -0.330. The van der Waals surface area contributed by atoms with Crippen molar-refractivity contribution >= 4 is 34.8 Å². The van der Waals surface area contributed by atoms with Crippen LogP contribution in [0.1, 0.15) is 6.42 Å². The number of amides is 1. The lowest BCUT2D eigenvalue weighted by molar-refractivity contribution is -0.125. The highest BCUT2D eigenvalue weighted by Crippen LogP contribution is 2.10. The van der Waals surface area contributed by atoms with E-state index in [2.05, 4.69) is 4.99 Å². The Balaban J connectivity index is 2.69. The highest BCUT2D eigenvalue weighted by atomic mass is 127. The minimum absolute atomic E-state index is 0.0486. The summed E-state index contributed by atoms with van der Waals surface area (Å²) in [6.07, 6.45) is 0.446. The van der Waals surface area contributed by atoms with Crippen LogP contribution in [0, 0.1) is 0 Å². The molecule has 5 heteroatoms. The smallest absolute Gasteiger partial charge is 0.303 e. The molecule has 0 atom stereocenters. The van der Waals surface area contributed by atoms with Crippen molar-refractivity contribution in [2.45, 2.75) is 6.42 Å². The maximum atomic E-state index is 10.9. The third-order valence-electron chi connectivity index (χ3n) is 1.13. The minimum atomic E-state index is 0.0486. The van der Waals surface area contributed by atoms with Crippen LogP contribution in [0.25, 0.3) is 0 Å². The molecule has 0 saturated carbocycles. The average molecular weight is 254 g/mol. The summed E-state index contributed by atoms with van der Waals surface area (Å²) >= 11 is 1.87. The van der Waals surface area contributed by atoms with Crippen molar-refractivity contribution in [2.24, 2.45) is 4.99 Å². The van der Waals surface area contributed by atoms with Crippen LogP contribution in [0.3, 0.4) is 0 Å². The van der Waals surface area contributed by atoms with Crippen molar-refractivity contribution < 1.29 is 9.53 Å². The predicted octanol–water partition coefficient (Wildman–Crippen LogP) is 0.571. The number of carbonyl (C=O) groups excluding carboxylic acids is 1. The van der Waals surface area contributed by atoms with Crippen LogP contribution in [-0.2, 0) is 9.53 Å². The van der Waals surface area contributed by atoms with E-state index >= 15 is 0 Å². The van der Waals surface area contributed by atoms with Crippen molar-refractivity contribution in [2.75, 3.05) is 13.7 Å². The first-order chi connectivity index (χ1) is 4.75. The van der Waals surface area contributed by atoms with E-state index in [-0.39, 0.29) is 5.91 Å². The molecular formula is C5H7IN2O2. The zero-order chi connectivity index (χ0) is 7.56. The summed E-state index contributed by atoms with van der Waals surface area (Å²) in [6, 6.07) is 0.400. The maximum absolute atomic E-state index is 10.9. The van der Waals surface area contributed by atoms with E-state index in [1.807, 2.05) is 22.9 Å². The lowest BCUT2D eigenvalue weighted by Gasteiger charge is -2.21. The van der Waals surface area contributed by atoms with Crippen LogP contribution in [0.2, 0.25) is 0 Å². The number of hydrogen-bond donors (Lipinski definition) is 0. The van der Waals surface area contributed by atoms with Crippen molar-refractivity contribution in [1.29, 1.82) is 0 Å². The molecule has 1 aliphatic heterocycles. The summed E-state index contributed by atoms with van der Waals surface area (Å²) in [5.41, 5.74) is 0. The van der Waals surface area contributed by atoms with Gasteiger partial charge in [-0.25, -0.2) is 8.11 Å². The summed E-state index contributed by atoms with van der Waals surface area (Å²) in [7, 11) is 1.60. The Morgan fingerprint density at radius 2 is 2.50 bits per heavy atom. The van der Waals surface area contributed by atoms with E-state index in [1.165, 1.54) is 3.11 Å². The average Bonchev–Trinajstić information content (AvgIpc) is 1.95. The van der Waals surface area contributed by atoms with Gasteiger partial charge in [-0.15, -0.1) is 0 Å². The Bertz CT molecular complexity index is 180. The number of aliphatic imine (C=N–C) groups is 1. The molecule has 0 N–H and O–H groups in total. The molecule has 0 aromatic heterocycles. The molecule has 1 saturated heterocycles. The van der Waals surface area contributed by atoms with Crippen LogP contribution >= 0.6 is 22.9 Å². The molecule has 0 aliphatic carbocycles. The quantitative estimate of drug-likeness (QED) is 0.468. The van der Waals surface area contributed by atoms with Crippen molar-refractivity contribution in [3.05, 3.63) is 0 Å². The Labute approximate surface area is 72.7 Å². The highest BCUT2D eigenvalue weighted by molar-refractivity contribution is 14.1. The van der Waals surface area contributed by atoms with Gasteiger partial charge in [-0.2, -0.15) is 0 Å². The van der Waals surface area contributed by atoms with Gasteiger partial charge in [-0.1, -0.05) is 0 Å². The monoisotopic (exact) mass is 254 g/mol. The SMILES string of the molecule is C/N=C1\OCCC(=O)N1I. The van der Waals surface area contributed by atoms with Crippen LogP contribution in [0.4, 0.5) is 0 Å². The van der Waals surface area contributed by atoms with E-state index in [1.54, 1.807) is 7.05 Å². The molecule has 0 aromatic rings. The first kappa shape index (κ1) is 7.77. The van der Waals surface area contributed by atoms with Crippen LogP contribution in [0.15, 0.2) is 4.99 Å². The molecular weight excluding hydrogens is 247 g/mol. The van der Waals surface area contributed by atoms with Gasteiger partial charge in [-0.05, 0) is 0 Å². The second kappa shape index (κ2) is 3.18. The number of halogens is 1. The normalized spacial score (nSPS) is 23.2. The molecule has 1 fully saturated rings.